The van der Waals surface area contributed by atoms with Crippen molar-refractivity contribution < 1.29 is 5.11 Å². The second-order valence-electron chi connectivity index (χ2n) is 5.08. The van der Waals surface area contributed by atoms with E-state index in [1.807, 2.05) is 0 Å². The Balaban J connectivity index is 2.13. The van der Waals surface area contributed by atoms with Gasteiger partial charge in [-0.3, -0.25) is 0 Å². The van der Waals surface area contributed by atoms with Crippen LogP contribution in [0.15, 0.2) is 12.2 Å². The molecule has 0 radical (unpaired) electrons. The first-order valence-electron chi connectivity index (χ1n) is 6.58. The van der Waals surface area contributed by atoms with Gasteiger partial charge >= 0.3 is 0 Å². The summed E-state index contributed by atoms with van der Waals surface area (Å²) in [5.41, 5.74) is 0. The summed E-state index contributed by atoms with van der Waals surface area (Å²) in [7, 11) is 0. The van der Waals surface area contributed by atoms with Crippen molar-refractivity contribution in [1.29, 1.82) is 0 Å². The predicted molar refractivity (Wildman–Crippen MR) is 65.8 cm³/mol. The Bertz CT molecular complexity index is 186. The van der Waals surface area contributed by atoms with Crippen molar-refractivity contribution in [2.75, 3.05) is 0 Å². The number of rotatable bonds is 6. The van der Waals surface area contributed by atoms with Crippen molar-refractivity contribution in [2.45, 2.75) is 64.9 Å². The van der Waals surface area contributed by atoms with E-state index in [1.54, 1.807) is 0 Å². The third-order valence-electron chi connectivity index (χ3n) is 3.42. The molecule has 1 fully saturated rings. The van der Waals surface area contributed by atoms with Crippen LogP contribution in [0.3, 0.4) is 0 Å². The maximum atomic E-state index is 9.40. The Kier molecular flexibility index (Phi) is 6.00. The van der Waals surface area contributed by atoms with E-state index < -0.39 is 0 Å². The number of hydrogen-bond donors (Lipinski definition) is 1. The zero-order chi connectivity index (χ0) is 11.1. The molecule has 0 heterocycles. The topological polar surface area (TPSA) is 20.2 Å². The fourth-order valence-electron chi connectivity index (χ4n) is 2.33. The summed E-state index contributed by atoms with van der Waals surface area (Å²) in [6.45, 7) is 4.55. The SMILES string of the molecule is CCCCCC(C)/C=C/C1CCC(O)C1. The highest BCUT2D eigenvalue weighted by atomic mass is 16.3. The molecule has 1 aliphatic carbocycles. The molecule has 0 spiro atoms. The van der Waals surface area contributed by atoms with Crippen LogP contribution in [-0.2, 0) is 0 Å². The number of aliphatic hydroxyl groups is 1. The second-order valence-corrected chi connectivity index (χ2v) is 5.08. The van der Waals surface area contributed by atoms with Crippen molar-refractivity contribution in [3.8, 4) is 0 Å². The van der Waals surface area contributed by atoms with Crippen LogP contribution < -0.4 is 0 Å². The number of aliphatic hydroxyl groups excluding tert-OH is 1. The van der Waals surface area contributed by atoms with Crippen molar-refractivity contribution in [3.05, 3.63) is 12.2 Å². The van der Waals surface area contributed by atoms with Crippen molar-refractivity contribution in [1.82, 2.24) is 0 Å². The van der Waals surface area contributed by atoms with Gasteiger partial charge in [0.15, 0.2) is 0 Å². The van der Waals surface area contributed by atoms with Gasteiger partial charge in [0, 0.05) is 0 Å². The lowest BCUT2D eigenvalue weighted by Crippen LogP contribution is -1.98. The quantitative estimate of drug-likeness (QED) is 0.520. The van der Waals surface area contributed by atoms with Gasteiger partial charge in [0.2, 0.25) is 0 Å². The lowest BCUT2D eigenvalue weighted by Gasteiger charge is -2.07. The zero-order valence-electron chi connectivity index (χ0n) is 10.3. The molecule has 1 nitrogen and oxygen atoms in total. The van der Waals surface area contributed by atoms with E-state index in [9.17, 15) is 5.11 Å². The van der Waals surface area contributed by atoms with Crippen LogP contribution >= 0.6 is 0 Å². The van der Waals surface area contributed by atoms with Gasteiger partial charge in [-0.1, -0.05) is 45.3 Å². The molecule has 3 atom stereocenters. The molecule has 0 aromatic heterocycles. The van der Waals surface area contributed by atoms with Gasteiger partial charge in [-0.05, 0) is 37.5 Å². The first-order valence-corrected chi connectivity index (χ1v) is 6.58. The van der Waals surface area contributed by atoms with Gasteiger partial charge in [0.1, 0.15) is 0 Å². The van der Waals surface area contributed by atoms with E-state index >= 15 is 0 Å². The summed E-state index contributed by atoms with van der Waals surface area (Å²) in [4.78, 5) is 0. The highest BCUT2D eigenvalue weighted by Gasteiger charge is 2.20. The summed E-state index contributed by atoms with van der Waals surface area (Å²) < 4.78 is 0. The molecule has 0 aromatic carbocycles. The molecular formula is C14H26O. The molecule has 0 amide bonds. The minimum atomic E-state index is -0.0324. The third kappa shape index (κ3) is 5.36. The van der Waals surface area contributed by atoms with Crippen molar-refractivity contribution in [3.63, 3.8) is 0 Å². The monoisotopic (exact) mass is 210 g/mol. The fourth-order valence-corrected chi connectivity index (χ4v) is 2.33. The predicted octanol–water partition coefficient (Wildman–Crippen LogP) is 3.92. The van der Waals surface area contributed by atoms with Crippen LogP contribution in [0.4, 0.5) is 0 Å². The van der Waals surface area contributed by atoms with Gasteiger partial charge in [-0.25, -0.2) is 0 Å². The number of hydrogen-bond acceptors (Lipinski definition) is 1. The summed E-state index contributed by atoms with van der Waals surface area (Å²) in [5, 5.41) is 9.40. The first kappa shape index (κ1) is 12.8. The Morgan fingerprint density at radius 1 is 1.33 bits per heavy atom. The van der Waals surface area contributed by atoms with E-state index in [4.69, 9.17) is 0 Å². The van der Waals surface area contributed by atoms with Crippen LogP contribution in [-0.4, -0.2) is 11.2 Å². The lowest BCUT2D eigenvalue weighted by molar-refractivity contribution is 0.180. The van der Waals surface area contributed by atoms with Crippen LogP contribution in [0.5, 0.6) is 0 Å². The van der Waals surface area contributed by atoms with Crippen LogP contribution in [0, 0.1) is 11.8 Å². The van der Waals surface area contributed by atoms with Crippen molar-refractivity contribution in [2.24, 2.45) is 11.8 Å². The Morgan fingerprint density at radius 3 is 2.73 bits per heavy atom. The minimum absolute atomic E-state index is 0.0324. The van der Waals surface area contributed by atoms with Crippen LogP contribution in [0.1, 0.15) is 58.8 Å². The molecule has 1 rings (SSSR count). The average Bonchev–Trinajstić information content (AvgIpc) is 2.62. The molecular weight excluding hydrogens is 184 g/mol. The highest BCUT2D eigenvalue weighted by Crippen LogP contribution is 2.27. The average molecular weight is 210 g/mol. The normalized spacial score (nSPS) is 28.7. The molecule has 0 saturated heterocycles. The van der Waals surface area contributed by atoms with Crippen molar-refractivity contribution >= 4 is 0 Å². The largest absolute Gasteiger partial charge is 0.393 e. The maximum absolute atomic E-state index is 9.40. The van der Waals surface area contributed by atoms with E-state index in [-0.39, 0.29) is 6.10 Å². The standard InChI is InChI=1S/C14H26O/c1-3-4-5-6-12(2)7-8-13-9-10-14(15)11-13/h7-8,12-15H,3-6,9-11H2,1-2H3/b8-7+. The van der Waals surface area contributed by atoms with E-state index in [0.29, 0.717) is 11.8 Å². The van der Waals surface area contributed by atoms with E-state index in [0.717, 1.165) is 12.8 Å². The molecule has 1 saturated carbocycles. The molecule has 0 aromatic rings. The first-order chi connectivity index (χ1) is 7.22. The van der Waals surface area contributed by atoms with Gasteiger partial charge in [-0.15, -0.1) is 0 Å². The smallest absolute Gasteiger partial charge is 0.0546 e. The number of allylic oxidation sites excluding steroid dienone is 2. The molecule has 15 heavy (non-hydrogen) atoms. The number of unbranched alkanes of at least 4 members (excludes halogenated alkanes) is 2. The molecule has 1 N–H and O–H groups in total. The van der Waals surface area contributed by atoms with E-state index in [2.05, 4.69) is 26.0 Å². The fraction of sp³-hybridized carbons (Fsp3) is 0.857. The van der Waals surface area contributed by atoms with Gasteiger partial charge in [-0.2, -0.15) is 0 Å². The molecule has 3 unspecified atom stereocenters. The Hall–Kier alpha value is -0.300. The van der Waals surface area contributed by atoms with Crippen LogP contribution in [0.2, 0.25) is 0 Å². The maximum Gasteiger partial charge on any atom is 0.0546 e. The second kappa shape index (κ2) is 7.05. The molecule has 0 aliphatic heterocycles. The Labute approximate surface area is 94.6 Å². The molecule has 88 valence electrons. The van der Waals surface area contributed by atoms with Crippen LogP contribution in [0.25, 0.3) is 0 Å². The molecule has 1 aliphatic rings. The molecule has 1 heteroatoms. The summed E-state index contributed by atoms with van der Waals surface area (Å²) in [5.74, 6) is 1.36. The third-order valence-corrected chi connectivity index (χ3v) is 3.42. The summed E-state index contributed by atoms with van der Waals surface area (Å²) in [6.07, 6.45) is 13.2. The zero-order valence-corrected chi connectivity index (χ0v) is 10.3. The van der Waals surface area contributed by atoms with Gasteiger partial charge in [0.25, 0.3) is 0 Å². The molecule has 0 bridgehead atoms. The minimum Gasteiger partial charge on any atom is -0.393 e. The van der Waals surface area contributed by atoms with Gasteiger partial charge in [0.05, 0.1) is 6.10 Å². The highest BCUT2D eigenvalue weighted by molar-refractivity contribution is 4.95. The summed E-state index contributed by atoms with van der Waals surface area (Å²) in [6, 6.07) is 0. The summed E-state index contributed by atoms with van der Waals surface area (Å²) >= 11 is 0. The van der Waals surface area contributed by atoms with E-state index in [1.165, 1.54) is 32.1 Å². The lowest BCUT2D eigenvalue weighted by atomic mass is 9.99. The Morgan fingerprint density at radius 2 is 2.13 bits per heavy atom. The van der Waals surface area contributed by atoms with Gasteiger partial charge < -0.3 is 5.11 Å².